The molecule has 2 aliphatic heterocycles. The SMILES string of the molecule is CCN1/C(=C\C=C2\C(=O)N(C(C)=O)N=C2C(C)C)C(C)(C)c2ccccc21. The summed E-state index contributed by atoms with van der Waals surface area (Å²) in [6.45, 7) is 12.7. The molecule has 0 unspecified atom stereocenters. The van der Waals surface area contributed by atoms with Gasteiger partial charge in [-0.15, -0.1) is 0 Å². The van der Waals surface area contributed by atoms with Crippen molar-refractivity contribution in [3.63, 3.8) is 0 Å². The Morgan fingerprint density at radius 2 is 1.89 bits per heavy atom. The maximum Gasteiger partial charge on any atom is 0.283 e. The van der Waals surface area contributed by atoms with Gasteiger partial charge < -0.3 is 4.90 Å². The Kier molecular flexibility index (Phi) is 4.81. The first kappa shape index (κ1) is 19.1. The zero-order valence-corrected chi connectivity index (χ0v) is 16.9. The third kappa shape index (κ3) is 3.01. The molecular formula is C22H27N3O2. The Morgan fingerprint density at radius 1 is 1.22 bits per heavy atom. The van der Waals surface area contributed by atoms with Gasteiger partial charge in [-0.05, 0) is 36.6 Å². The van der Waals surface area contributed by atoms with Crippen molar-refractivity contribution in [2.24, 2.45) is 11.0 Å². The second-order valence-corrected chi connectivity index (χ2v) is 7.79. The largest absolute Gasteiger partial charge is 0.344 e. The number of hydrazone groups is 1. The standard InChI is InChI=1S/C22H27N3O2/c1-7-24-18-11-9-8-10-17(18)22(5,6)19(24)13-12-16-20(14(2)3)23-25(15(4)26)21(16)27/h8-14H,7H2,1-6H3/b16-12+,19-13-. The number of anilines is 1. The van der Waals surface area contributed by atoms with Crippen molar-refractivity contribution < 1.29 is 9.59 Å². The highest BCUT2D eigenvalue weighted by molar-refractivity contribution is 6.28. The highest BCUT2D eigenvalue weighted by atomic mass is 16.2. The van der Waals surface area contributed by atoms with Crippen molar-refractivity contribution in [1.29, 1.82) is 0 Å². The molecule has 0 fully saturated rings. The molecule has 3 rings (SSSR count). The predicted octanol–water partition coefficient (Wildman–Crippen LogP) is 4.02. The predicted molar refractivity (Wildman–Crippen MR) is 108 cm³/mol. The van der Waals surface area contributed by atoms with Crippen LogP contribution in [0.15, 0.2) is 52.8 Å². The van der Waals surface area contributed by atoms with E-state index in [4.69, 9.17) is 0 Å². The molecule has 0 spiro atoms. The summed E-state index contributed by atoms with van der Waals surface area (Å²) in [4.78, 5) is 26.7. The van der Waals surface area contributed by atoms with Crippen LogP contribution in [-0.2, 0) is 15.0 Å². The van der Waals surface area contributed by atoms with Crippen molar-refractivity contribution >= 4 is 23.2 Å². The number of imide groups is 1. The fraction of sp³-hybridized carbons (Fsp3) is 0.409. The zero-order chi connectivity index (χ0) is 19.9. The van der Waals surface area contributed by atoms with Crippen LogP contribution in [-0.4, -0.2) is 29.1 Å². The van der Waals surface area contributed by atoms with Crippen molar-refractivity contribution in [3.05, 3.63) is 53.3 Å². The van der Waals surface area contributed by atoms with Crippen molar-refractivity contribution in [2.75, 3.05) is 11.4 Å². The van der Waals surface area contributed by atoms with E-state index in [0.29, 0.717) is 11.3 Å². The first-order valence-electron chi connectivity index (χ1n) is 9.43. The van der Waals surface area contributed by atoms with E-state index in [-0.39, 0.29) is 23.1 Å². The summed E-state index contributed by atoms with van der Waals surface area (Å²) in [7, 11) is 0. The Morgan fingerprint density at radius 3 is 2.48 bits per heavy atom. The van der Waals surface area contributed by atoms with Crippen molar-refractivity contribution in [3.8, 4) is 0 Å². The van der Waals surface area contributed by atoms with E-state index in [9.17, 15) is 9.59 Å². The topological polar surface area (TPSA) is 53.0 Å². The zero-order valence-electron chi connectivity index (χ0n) is 16.9. The van der Waals surface area contributed by atoms with Crippen LogP contribution < -0.4 is 4.90 Å². The van der Waals surface area contributed by atoms with Crippen LogP contribution in [0.2, 0.25) is 0 Å². The molecule has 0 bridgehead atoms. The number of likely N-dealkylation sites (N-methyl/N-ethyl adjacent to an activating group) is 1. The van der Waals surface area contributed by atoms with E-state index in [1.165, 1.54) is 18.2 Å². The van der Waals surface area contributed by atoms with Crippen molar-refractivity contribution in [2.45, 2.75) is 47.0 Å². The maximum absolute atomic E-state index is 12.7. The minimum Gasteiger partial charge on any atom is -0.344 e. The second-order valence-electron chi connectivity index (χ2n) is 7.79. The third-order valence-corrected chi connectivity index (χ3v) is 5.28. The molecule has 2 amide bonds. The van der Waals surface area contributed by atoms with Gasteiger partial charge in [0.1, 0.15) is 0 Å². The van der Waals surface area contributed by atoms with Gasteiger partial charge in [-0.3, -0.25) is 9.59 Å². The molecule has 5 nitrogen and oxygen atoms in total. The lowest BCUT2D eigenvalue weighted by molar-refractivity contribution is -0.139. The van der Waals surface area contributed by atoms with Crippen LogP contribution in [0.25, 0.3) is 0 Å². The quantitative estimate of drug-likeness (QED) is 0.761. The minimum absolute atomic E-state index is 0.0546. The number of carbonyl (C=O) groups is 2. The van der Waals surface area contributed by atoms with Crippen LogP contribution in [0.4, 0.5) is 5.69 Å². The molecule has 0 atom stereocenters. The van der Waals surface area contributed by atoms with Gasteiger partial charge in [-0.25, -0.2) is 0 Å². The Labute approximate surface area is 161 Å². The number of hydrogen-bond acceptors (Lipinski definition) is 4. The number of rotatable bonds is 3. The number of hydrogen-bond donors (Lipinski definition) is 0. The molecule has 2 aliphatic rings. The van der Waals surface area contributed by atoms with Gasteiger partial charge in [0, 0.05) is 30.3 Å². The molecule has 142 valence electrons. The molecule has 0 saturated heterocycles. The van der Waals surface area contributed by atoms with Gasteiger partial charge in [0.15, 0.2) is 0 Å². The number of nitrogens with zero attached hydrogens (tertiary/aromatic N) is 3. The monoisotopic (exact) mass is 365 g/mol. The van der Waals surface area contributed by atoms with E-state index >= 15 is 0 Å². The highest BCUT2D eigenvalue weighted by Crippen LogP contribution is 2.47. The number of allylic oxidation sites excluding steroid dienone is 3. The van der Waals surface area contributed by atoms with Gasteiger partial charge >= 0.3 is 0 Å². The summed E-state index contributed by atoms with van der Waals surface area (Å²) in [5.41, 5.74) is 4.60. The fourth-order valence-electron chi connectivity index (χ4n) is 3.87. The average molecular weight is 365 g/mol. The molecule has 0 saturated carbocycles. The summed E-state index contributed by atoms with van der Waals surface area (Å²) in [5.74, 6) is -0.656. The summed E-state index contributed by atoms with van der Waals surface area (Å²) >= 11 is 0. The van der Waals surface area contributed by atoms with Gasteiger partial charge in [0.05, 0.1) is 11.3 Å². The summed E-state index contributed by atoms with van der Waals surface area (Å²) in [5, 5.41) is 5.21. The van der Waals surface area contributed by atoms with Crippen molar-refractivity contribution in [1.82, 2.24) is 5.01 Å². The van der Waals surface area contributed by atoms with Crippen LogP contribution in [0.1, 0.15) is 47.1 Å². The molecule has 0 radical (unpaired) electrons. The van der Waals surface area contributed by atoms with Crippen LogP contribution >= 0.6 is 0 Å². The minimum atomic E-state index is -0.363. The van der Waals surface area contributed by atoms with E-state index < -0.39 is 0 Å². The maximum atomic E-state index is 12.7. The molecule has 0 N–H and O–H groups in total. The number of benzene rings is 1. The normalized spacial score (nSPS) is 21.4. The highest BCUT2D eigenvalue weighted by Gasteiger charge is 2.39. The lowest BCUT2D eigenvalue weighted by Crippen LogP contribution is -2.27. The molecule has 27 heavy (non-hydrogen) atoms. The second kappa shape index (κ2) is 6.80. The fourth-order valence-corrected chi connectivity index (χ4v) is 3.87. The molecule has 1 aromatic rings. The molecule has 0 aliphatic carbocycles. The number of fused-ring (bicyclic) bond motifs is 1. The summed E-state index contributed by atoms with van der Waals surface area (Å²) < 4.78 is 0. The van der Waals surface area contributed by atoms with E-state index in [0.717, 1.165) is 17.3 Å². The molecule has 1 aromatic carbocycles. The number of carbonyl (C=O) groups excluding carboxylic acids is 2. The van der Waals surface area contributed by atoms with E-state index in [2.05, 4.69) is 49.0 Å². The van der Waals surface area contributed by atoms with E-state index in [1.807, 2.05) is 32.1 Å². The smallest absolute Gasteiger partial charge is 0.283 e. The van der Waals surface area contributed by atoms with Crippen LogP contribution in [0.3, 0.4) is 0 Å². The summed E-state index contributed by atoms with van der Waals surface area (Å²) in [6.07, 6.45) is 3.84. The van der Waals surface area contributed by atoms with Crippen LogP contribution in [0, 0.1) is 5.92 Å². The first-order chi connectivity index (χ1) is 12.7. The summed E-state index contributed by atoms with van der Waals surface area (Å²) in [6, 6.07) is 8.40. The van der Waals surface area contributed by atoms with Gasteiger partial charge in [0.2, 0.25) is 5.91 Å². The lowest BCUT2D eigenvalue weighted by Gasteiger charge is -2.26. The Bertz CT molecular complexity index is 891. The Balaban J connectivity index is 2.07. The van der Waals surface area contributed by atoms with Crippen LogP contribution in [0.5, 0.6) is 0 Å². The lowest BCUT2D eigenvalue weighted by atomic mass is 9.83. The Hall–Kier alpha value is -2.69. The number of amides is 2. The average Bonchev–Trinajstić information content (AvgIpc) is 3.05. The molecule has 2 heterocycles. The number of para-hydroxylation sites is 1. The van der Waals surface area contributed by atoms with E-state index in [1.54, 1.807) is 0 Å². The van der Waals surface area contributed by atoms with Gasteiger partial charge in [-0.1, -0.05) is 45.9 Å². The van der Waals surface area contributed by atoms with Gasteiger partial charge in [-0.2, -0.15) is 10.1 Å². The van der Waals surface area contributed by atoms with Gasteiger partial charge in [0.25, 0.3) is 5.91 Å². The third-order valence-electron chi connectivity index (χ3n) is 5.28. The molecule has 0 aromatic heterocycles. The first-order valence-corrected chi connectivity index (χ1v) is 9.43. The molecular weight excluding hydrogens is 338 g/mol. The molecule has 5 heteroatoms.